The molecule has 0 saturated heterocycles. The first-order valence-electron chi connectivity index (χ1n) is 10.1. The molecule has 0 saturated carbocycles. The summed E-state index contributed by atoms with van der Waals surface area (Å²) in [5.74, 6) is 0.971. The van der Waals surface area contributed by atoms with Gasteiger partial charge in [-0.05, 0) is 28.8 Å². The molecule has 3 aromatic carbocycles. The summed E-state index contributed by atoms with van der Waals surface area (Å²) in [6, 6.07) is 27.7. The lowest BCUT2D eigenvalue weighted by Crippen LogP contribution is -2.16. The molecule has 31 heavy (non-hydrogen) atoms. The van der Waals surface area contributed by atoms with E-state index in [1.807, 2.05) is 84.9 Å². The predicted octanol–water partition coefficient (Wildman–Crippen LogP) is 4.83. The molecule has 4 aromatic rings. The van der Waals surface area contributed by atoms with Gasteiger partial charge in [-0.15, -0.1) is 5.10 Å². The average molecular weight is 413 g/mol. The standard InChI is InChI=1S/C25H23N3O3/c1-30-21-14-12-18(13-15-21)16-24-27-28-25(31-24)26-23(29)17-22(19-8-4-2-5-9-19)20-10-6-3-7-11-20/h2-15,22H,16-17H2,1H3,(H,26,28,29). The summed E-state index contributed by atoms with van der Waals surface area (Å²) >= 11 is 0. The SMILES string of the molecule is COc1ccc(Cc2nnc(NC(=O)CC(c3ccccc3)c3ccccc3)o2)cc1. The van der Waals surface area contributed by atoms with Crippen molar-refractivity contribution in [2.24, 2.45) is 0 Å². The van der Waals surface area contributed by atoms with Crippen LogP contribution in [0.1, 0.15) is 34.9 Å². The van der Waals surface area contributed by atoms with Gasteiger partial charge in [0.1, 0.15) is 5.75 Å². The minimum atomic E-state index is -0.183. The highest BCUT2D eigenvalue weighted by Gasteiger charge is 2.19. The molecule has 0 aliphatic carbocycles. The Hall–Kier alpha value is -3.93. The summed E-state index contributed by atoms with van der Waals surface area (Å²) in [5.41, 5.74) is 3.17. The van der Waals surface area contributed by atoms with Crippen LogP contribution in [0.15, 0.2) is 89.3 Å². The highest BCUT2D eigenvalue weighted by molar-refractivity contribution is 5.89. The molecule has 0 bridgehead atoms. The fourth-order valence-corrected chi connectivity index (χ4v) is 3.45. The number of benzene rings is 3. The molecule has 0 radical (unpaired) electrons. The van der Waals surface area contributed by atoms with Crippen molar-refractivity contribution in [3.8, 4) is 5.75 Å². The van der Waals surface area contributed by atoms with Crippen molar-refractivity contribution in [2.75, 3.05) is 12.4 Å². The fourth-order valence-electron chi connectivity index (χ4n) is 3.45. The van der Waals surface area contributed by atoms with Gasteiger partial charge < -0.3 is 9.15 Å². The van der Waals surface area contributed by atoms with E-state index < -0.39 is 0 Å². The second-order valence-corrected chi connectivity index (χ2v) is 7.15. The van der Waals surface area contributed by atoms with Gasteiger partial charge in [-0.2, -0.15) is 0 Å². The number of hydrogen-bond donors (Lipinski definition) is 1. The van der Waals surface area contributed by atoms with E-state index in [9.17, 15) is 4.79 Å². The average Bonchev–Trinajstić information content (AvgIpc) is 3.25. The number of ether oxygens (including phenoxy) is 1. The van der Waals surface area contributed by atoms with Crippen LogP contribution in [0.25, 0.3) is 0 Å². The Balaban J connectivity index is 1.42. The highest BCUT2D eigenvalue weighted by Crippen LogP contribution is 2.28. The van der Waals surface area contributed by atoms with Crippen LogP contribution in [-0.4, -0.2) is 23.2 Å². The van der Waals surface area contributed by atoms with Crippen LogP contribution in [0.4, 0.5) is 6.01 Å². The Labute approximate surface area is 180 Å². The Bertz CT molecular complexity index is 1070. The molecule has 156 valence electrons. The molecule has 0 aliphatic heterocycles. The van der Waals surface area contributed by atoms with Gasteiger partial charge in [-0.1, -0.05) is 77.9 Å². The summed E-state index contributed by atoms with van der Waals surface area (Å²) in [7, 11) is 1.63. The van der Waals surface area contributed by atoms with Gasteiger partial charge >= 0.3 is 6.01 Å². The molecular weight excluding hydrogens is 390 g/mol. The molecule has 1 aromatic heterocycles. The number of hydrogen-bond acceptors (Lipinski definition) is 5. The third-order valence-electron chi connectivity index (χ3n) is 5.02. The molecule has 4 rings (SSSR count). The smallest absolute Gasteiger partial charge is 0.322 e. The monoisotopic (exact) mass is 413 g/mol. The predicted molar refractivity (Wildman–Crippen MR) is 118 cm³/mol. The molecule has 6 heteroatoms. The number of amides is 1. The third-order valence-corrected chi connectivity index (χ3v) is 5.02. The van der Waals surface area contributed by atoms with Crippen molar-refractivity contribution in [3.63, 3.8) is 0 Å². The van der Waals surface area contributed by atoms with Crippen molar-refractivity contribution < 1.29 is 13.9 Å². The maximum atomic E-state index is 12.8. The first kappa shape index (κ1) is 20.3. The molecule has 0 unspecified atom stereocenters. The number of aromatic nitrogens is 2. The van der Waals surface area contributed by atoms with Crippen LogP contribution < -0.4 is 10.1 Å². The lowest BCUT2D eigenvalue weighted by molar-refractivity contribution is -0.116. The molecule has 0 aliphatic rings. The zero-order valence-corrected chi connectivity index (χ0v) is 17.2. The fraction of sp³-hybridized carbons (Fsp3) is 0.160. The Morgan fingerprint density at radius 1 is 0.903 bits per heavy atom. The van der Waals surface area contributed by atoms with Gasteiger partial charge in [-0.3, -0.25) is 10.1 Å². The largest absolute Gasteiger partial charge is 0.497 e. The van der Waals surface area contributed by atoms with Crippen LogP contribution in [0.5, 0.6) is 5.75 Å². The normalized spacial score (nSPS) is 10.8. The van der Waals surface area contributed by atoms with Crippen LogP contribution in [0.3, 0.4) is 0 Å². The summed E-state index contributed by atoms with van der Waals surface area (Å²) in [5, 5.41) is 10.7. The topological polar surface area (TPSA) is 77.3 Å². The first-order valence-corrected chi connectivity index (χ1v) is 10.1. The minimum Gasteiger partial charge on any atom is -0.497 e. The summed E-state index contributed by atoms with van der Waals surface area (Å²) in [6.45, 7) is 0. The molecular formula is C25H23N3O3. The number of rotatable bonds is 8. The van der Waals surface area contributed by atoms with Crippen molar-refractivity contribution in [2.45, 2.75) is 18.8 Å². The van der Waals surface area contributed by atoms with Gasteiger partial charge in [0.2, 0.25) is 11.8 Å². The van der Waals surface area contributed by atoms with E-state index in [4.69, 9.17) is 9.15 Å². The number of methoxy groups -OCH3 is 1. The maximum Gasteiger partial charge on any atom is 0.322 e. The zero-order chi connectivity index (χ0) is 21.5. The molecule has 6 nitrogen and oxygen atoms in total. The quantitative estimate of drug-likeness (QED) is 0.448. The van der Waals surface area contributed by atoms with E-state index >= 15 is 0 Å². The molecule has 1 amide bonds. The van der Waals surface area contributed by atoms with Gasteiger partial charge in [0.15, 0.2) is 0 Å². The lowest BCUT2D eigenvalue weighted by atomic mass is 9.88. The third kappa shape index (κ3) is 5.36. The van der Waals surface area contributed by atoms with Gasteiger partial charge in [0, 0.05) is 12.3 Å². The van der Waals surface area contributed by atoms with E-state index in [2.05, 4.69) is 15.5 Å². The minimum absolute atomic E-state index is 0.0657. The number of carbonyl (C=O) groups excluding carboxylic acids is 1. The van der Waals surface area contributed by atoms with Crippen molar-refractivity contribution in [1.82, 2.24) is 10.2 Å². The molecule has 0 fully saturated rings. The summed E-state index contributed by atoms with van der Waals surface area (Å²) in [4.78, 5) is 12.8. The van der Waals surface area contributed by atoms with Crippen LogP contribution in [0.2, 0.25) is 0 Å². The number of nitrogens with zero attached hydrogens (tertiary/aromatic N) is 2. The Kier molecular flexibility index (Phi) is 6.38. The molecule has 1 N–H and O–H groups in total. The Morgan fingerprint density at radius 3 is 2.10 bits per heavy atom. The van der Waals surface area contributed by atoms with E-state index in [1.165, 1.54) is 0 Å². The van der Waals surface area contributed by atoms with E-state index in [0.717, 1.165) is 22.4 Å². The van der Waals surface area contributed by atoms with Gasteiger partial charge in [-0.25, -0.2) is 0 Å². The number of carbonyl (C=O) groups is 1. The number of nitrogens with one attached hydrogen (secondary N) is 1. The molecule has 0 atom stereocenters. The van der Waals surface area contributed by atoms with E-state index in [-0.39, 0.29) is 24.3 Å². The maximum absolute atomic E-state index is 12.8. The summed E-state index contributed by atoms with van der Waals surface area (Å²) < 4.78 is 10.8. The second-order valence-electron chi connectivity index (χ2n) is 7.15. The van der Waals surface area contributed by atoms with Crippen LogP contribution in [0, 0.1) is 0 Å². The van der Waals surface area contributed by atoms with E-state index in [1.54, 1.807) is 7.11 Å². The van der Waals surface area contributed by atoms with Crippen LogP contribution >= 0.6 is 0 Å². The van der Waals surface area contributed by atoms with Crippen molar-refractivity contribution >= 4 is 11.9 Å². The Morgan fingerprint density at radius 2 is 1.52 bits per heavy atom. The zero-order valence-electron chi connectivity index (χ0n) is 17.2. The molecule has 1 heterocycles. The summed E-state index contributed by atoms with van der Waals surface area (Å²) in [6.07, 6.45) is 0.744. The van der Waals surface area contributed by atoms with Crippen molar-refractivity contribution in [1.29, 1.82) is 0 Å². The van der Waals surface area contributed by atoms with E-state index in [0.29, 0.717) is 12.3 Å². The van der Waals surface area contributed by atoms with Crippen LogP contribution in [-0.2, 0) is 11.2 Å². The van der Waals surface area contributed by atoms with Crippen molar-refractivity contribution in [3.05, 3.63) is 108 Å². The second kappa shape index (κ2) is 9.71. The lowest BCUT2D eigenvalue weighted by Gasteiger charge is -2.17. The van der Waals surface area contributed by atoms with Gasteiger partial charge in [0.05, 0.1) is 13.5 Å². The van der Waals surface area contributed by atoms with Gasteiger partial charge in [0.25, 0.3) is 0 Å². The number of anilines is 1. The molecule has 0 spiro atoms. The first-order chi connectivity index (χ1) is 15.2. The highest BCUT2D eigenvalue weighted by atomic mass is 16.5.